The number of benzene rings is 1. The molecule has 8 heteroatoms. The van der Waals surface area contributed by atoms with Crippen LogP contribution in [-0.4, -0.2) is 36.9 Å². The lowest BCUT2D eigenvalue weighted by Crippen LogP contribution is -2.20. The summed E-state index contributed by atoms with van der Waals surface area (Å²) >= 11 is 0. The third-order valence-corrected chi connectivity index (χ3v) is 3.22. The molecule has 0 saturated heterocycles. The molecule has 0 radical (unpaired) electrons. The number of aromatic nitrogens is 1. The Morgan fingerprint density at radius 1 is 1.15 bits per heavy atom. The molecule has 144 valence electrons. The summed E-state index contributed by atoms with van der Waals surface area (Å²) in [6.45, 7) is 6.06. The van der Waals surface area contributed by atoms with Crippen LogP contribution in [-0.2, 0) is 14.3 Å². The maximum atomic E-state index is 11.8. The van der Waals surface area contributed by atoms with Crippen LogP contribution in [0.2, 0.25) is 0 Å². The Morgan fingerprint density at radius 3 is 2.56 bits per heavy atom. The number of anilines is 1. The van der Waals surface area contributed by atoms with Crippen LogP contribution in [0.1, 0.15) is 25.2 Å². The molecular formula is C19H22N2O6. The van der Waals surface area contributed by atoms with Gasteiger partial charge < -0.3 is 24.1 Å². The van der Waals surface area contributed by atoms with Crippen molar-refractivity contribution in [3.8, 4) is 11.5 Å². The Morgan fingerprint density at radius 2 is 1.89 bits per heavy atom. The summed E-state index contributed by atoms with van der Waals surface area (Å²) in [7, 11) is 0. The molecule has 0 aliphatic carbocycles. The van der Waals surface area contributed by atoms with E-state index in [0.717, 1.165) is 5.56 Å². The van der Waals surface area contributed by atoms with Crippen molar-refractivity contribution in [1.82, 2.24) is 5.16 Å². The van der Waals surface area contributed by atoms with Gasteiger partial charge in [-0.2, -0.15) is 0 Å². The van der Waals surface area contributed by atoms with E-state index in [0.29, 0.717) is 30.5 Å². The van der Waals surface area contributed by atoms with E-state index in [1.165, 1.54) is 6.08 Å². The van der Waals surface area contributed by atoms with Crippen LogP contribution in [0.5, 0.6) is 11.5 Å². The van der Waals surface area contributed by atoms with Crippen LogP contribution in [0.15, 0.2) is 34.9 Å². The molecule has 0 saturated carbocycles. The zero-order valence-electron chi connectivity index (χ0n) is 15.5. The molecule has 0 atom stereocenters. The number of hydrogen-bond donors (Lipinski definition) is 1. The first-order valence-electron chi connectivity index (χ1n) is 8.49. The Bertz CT molecular complexity index is 812. The highest BCUT2D eigenvalue weighted by molar-refractivity contribution is 5.94. The second-order valence-electron chi connectivity index (χ2n) is 5.38. The Labute approximate surface area is 157 Å². The number of rotatable bonds is 9. The molecule has 0 bridgehead atoms. The van der Waals surface area contributed by atoms with E-state index in [-0.39, 0.29) is 5.82 Å². The lowest BCUT2D eigenvalue weighted by molar-refractivity contribution is -0.142. The van der Waals surface area contributed by atoms with E-state index in [4.69, 9.17) is 18.7 Å². The first kappa shape index (κ1) is 20.0. The van der Waals surface area contributed by atoms with Crippen molar-refractivity contribution in [3.63, 3.8) is 0 Å². The number of esters is 1. The number of aryl methyl sites for hydroxylation is 1. The van der Waals surface area contributed by atoms with Gasteiger partial charge in [0.25, 0.3) is 5.91 Å². The average Bonchev–Trinajstić information content (AvgIpc) is 3.05. The van der Waals surface area contributed by atoms with Gasteiger partial charge in [0.1, 0.15) is 5.76 Å². The molecule has 1 amide bonds. The van der Waals surface area contributed by atoms with Gasteiger partial charge in [0.05, 0.1) is 13.2 Å². The first-order valence-corrected chi connectivity index (χ1v) is 8.49. The number of nitrogens with zero attached hydrogens (tertiary/aromatic N) is 1. The molecule has 27 heavy (non-hydrogen) atoms. The van der Waals surface area contributed by atoms with Gasteiger partial charge in [-0.3, -0.25) is 4.79 Å². The maximum Gasteiger partial charge on any atom is 0.331 e. The lowest BCUT2D eigenvalue weighted by Gasteiger charge is -2.11. The van der Waals surface area contributed by atoms with Gasteiger partial charge in [-0.05, 0) is 44.5 Å². The van der Waals surface area contributed by atoms with E-state index in [9.17, 15) is 9.59 Å². The van der Waals surface area contributed by atoms with Crippen LogP contribution in [0.4, 0.5) is 5.82 Å². The Hall–Kier alpha value is -3.29. The molecule has 1 aromatic heterocycles. The molecule has 0 unspecified atom stereocenters. The predicted molar refractivity (Wildman–Crippen MR) is 98.6 cm³/mol. The topological polar surface area (TPSA) is 99.9 Å². The number of carbonyl (C=O) groups is 2. The van der Waals surface area contributed by atoms with Crippen LogP contribution < -0.4 is 14.8 Å². The molecule has 1 N–H and O–H groups in total. The van der Waals surface area contributed by atoms with Gasteiger partial charge >= 0.3 is 5.97 Å². The fourth-order valence-electron chi connectivity index (χ4n) is 2.12. The third kappa shape index (κ3) is 6.50. The fourth-order valence-corrected chi connectivity index (χ4v) is 2.12. The molecule has 2 rings (SSSR count). The summed E-state index contributed by atoms with van der Waals surface area (Å²) < 4.78 is 20.7. The molecule has 0 aliphatic heterocycles. The van der Waals surface area contributed by atoms with E-state index >= 15 is 0 Å². The van der Waals surface area contributed by atoms with Gasteiger partial charge in [-0.1, -0.05) is 11.2 Å². The maximum absolute atomic E-state index is 11.8. The van der Waals surface area contributed by atoms with Gasteiger partial charge in [0, 0.05) is 12.1 Å². The minimum absolute atomic E-state index is 0.266. The zero-order chi connectivity index (χ0) is 19.6. The average molecular weight is 374 g/mol. The third-order valence-electron chi connectivity index (χ3n) is 3.22. The number of amides is 1. The van der Waals surface area contributed by atoms with Gasteiger partial charge in [-0.15, -0.1) is 0 Å². The van der Waals surface area contributed by atoms with Crippen molar-refractivity contribution in [2.45, 2.75) is 20.8 Å². The van der Waals surface area contributed by atoms with Crippen LogP contribution >= 0.6 is 0 Å². The Kier molecular flexibility index (Phi) is 7.42. The molecule has 1 aromatic carbocycles. The van der Waals surface area contributed by atoms with E-state index in [1.807, 2.05) is 13.8 Å². The first-order chi connectivity index (χ1) is 13.0. The van der Waals surface area contributed by atoms with Crippen molar-refractivity contribution in [2.75, 3.05) is 25.1 Å². The molecule has 2 aromatic rings. The summed E-state index contributed by atoms with van der Waals surface area (Å²) in [6, 6.07) is 6.88. The minimum atomic E-state index is -0.645. The molecule has 0 aliphatic rings. The highest BCUT2D eigenvalue weighted by atomic mass is 16.5. The SMILES string of the molecule is CCOc1ccc(/C=C/C(=O)OCC(=O)Nc2cc(C)on2)cc1OCC. The Balaban J connectivity index is 1.88. The fraction of sp³-hybridized carbons (Fsp3) is 0.316. The summed E-state index contributed by atoms with van der Waals surface area (Å²) in [6.07, 6.45) is 2.80. The highest BCUT2D eigenvalue weighted by Crippen LogP contribution is 2.29. The number of carbonyl (C=O) groups excluding carboxylic acids is 2. The molecule has 0 spiro atoms. The smallest absolute Gasteiger partial charge is 0.331 e. The van der Waals surface area contributed by atoms with Gasteiger partial charge in [0.2, 0.25) is 0 Å². The van der Waals surface area contributed by atoms with Crippen molar-refractivity contribution < 1.29 is 28.3 Å². The summed E-state index contributed by atoms with van der Waals surface area (Å²) in [5.74, 6) is 0.906. The number of hydrogen-bond acceptors (Lipinski definition) is 7. The minimum Gasteiger partial charge on any atom is -0.490 e. The monoisotopic (exact) mass is 374 g/mol. The predicted octanol–water partition coefficient (Wildman–Crippen LogP) is 2.98. The summed E-state index contributed by atoms with van der Waals surface area (Å²) in [5, 5.41) is 6.07. The molecule has 0 fully saturated rings. The molecule has 1 heterocycles. The van der Waals surface area contributed by atoms with Gasteiger partial charge in [0.15, 0.2) is 23.9 Å². The molecule has 8 nitrogen and oxygen atoms in total. The molecular weight excluding hydrogens is 352 g/mol. The second kappa shape index (κ2) is 10.0. The van der Waals surface area contributed by atoms with E-state index in [2.05, 4.69) is 10.5 Å². The lowest BCUT2D eigenvalue weighted by atomic mass is 10.2. The van der Waals surface area contributed by atoms with Crippen LogP contribution in [0.25, 0.3) is 6.08 Å². The largest absolute Gasteiger partial charge is 0.490 e. The van der Waals surface area contributed by atoms with E-state index < -0.39 is 18.5 Å². The quantitative estimate of drug-likeness (QED) is 0.532. The van der Waals surface area contributed by atoms with Crippen molar-refractivity contribution in [2.24, 2.45) is 0 Å². The zero-order valence-corrected chi connectivity index (χ0v) is 15.5. The van der Waals surface area contributed by atoms with E-state index in [1.54, 1.807) is 37.3 Å². The number of ether oxygens (including phenoxy) is 3. The van der Waals surface area contributed by atoms with Crippen molar-refractivity contribution in [1.29, 1.82) is 0 Å². The van der Waals surface area contributed by atoms with Crippen LogP contribution in [0, 0.1) is 6.92 Å². The van der Waals surface area contributed by atoms with Crippen LogP contribution in [0.3, 0.4) is 0 Å². The van der Waals surface area contributed by atoms with Crippen molar-refractivity contribution >= 4 is 23.8 Å². The second-order valence-corrected chi connectivity index (χ2v) is 5.38. The summed E-state index contributed by atoms with van der Waals surface area (Å²) in [4.78, 5) is 23.5. The number of nitrogens with one attached hydrogen (secondary N) is 1. The van der Waals surface area contributed by atoms with Gasteiger partial charge in [-0.25, -0.2) is 4.79 Å². The van der Waals surface area contributed by atoms with Crippen molar-refractivity contribution in [3.05, 3.63) is 41.7 Å². The highest BCUT2D eigenvalue weighted by Gasteiger charge is 2.09. The standard InChI is InChI=1S/C19H22N2O6/c1-4-24-15-8-6-14(11-16(15)25-5-2)7-9-19(23)26-12-18(22)20-17-10-13(3)27-21-17/h6-11H,4-5,12H2,1-3H3,(H,20,21,22)/b9-7+. The summed E-state index contributed by atoms with van der Waals surface area (Å²) in [5.41, 5.74) is 0.737. The normalized spacial score (nSPS) is 10.6.